The van der Waals surface area contributed by atoms with E-state index in [1.807, 2.05) is 0 Å². The first-order chi connectivity index (χ1) is 12.1. The molecule has 3 rings (SSSR count). The van der Waals surface area contributed by atoms with Crippen LogP contribution in [0.2, 0.25) is 0 Å². The molecule has 128 valence electrons. The summed E-state index contributed by atoms with van der Waals surface area (Å²) in [4.78, 5) is 13.1. The summed E-state index contributed by atoms with van der Waals surface area (Å²) < 4.78 is 18.4. The summed E-state index contributed by atoms with van der Waals surface area (Å²) in [6.45, 7) is 0. The van der Waals surface area contributed by atoms with Gasteiger partial charge in [-0.3, -0.25) is 4.79 Å². The molecule has 0 spiro atoms. The Labute approximate surface area is 146 Å². The highest BCUT2D eigenvalue weighted by molar-refractivity contribution is 5.99. The Morgan fingerprint density at radius 3 is 2.48 bits per heavy atom. The number of ether oxygens (including phenoxy) is 1. The molecule has 1 N–H and O–H groups in total. The van der Waals surface area contributed by atoms with Crippen molar-refractivity contribution >= 4 is 11.6 Å². The molecule has 0 radical (unpaired) electrons. The number of hydrogen-bond acceptors (Lipinski definition) is 3. The maximum Gasteiger partial charge on any atom is 0.235 e. The van der Waals surface area contributed by atoms with Crippen molar-refractivity contribution in [3.8, 4) is 11.8 Å². The summed E-state index contributed by atoms with van der Waals surface area (Å²) in [5.41, 5.74) is 1.09. The Morgan fingerprint density at radius 2 is 1.88 bits per heavy atom. The molecule has 5 heteroatoms. The first-order valence-electron chi connectivity index (χ1n) is 8.25. The summed E-state index contributed by atoms with van der Waals surface area (Å²) in [7, 11) is 1.50. The van der Waals surface area contributed by atoms with Gasteiger partial charge in [-0.2, -0.15) is 5.26 Å². The fourth-order valence-electron chi connectivity index (χ4n) is 3.52. The highest BCUT2D eigenvalue weighted by atomic mass is 19.1. The zero-order valence-electron chi connectivity index (χ0n) is 14.0. The molecule has 2 aromatic carbocycles. The second-order valence-corrected chi connectivity index (χ2v) is 6.28. The lowest BCUT2D eigenvalue weighted by molar-refractivity contribution is -0.121. The third kappa shape index (κ3) is 3.20. The quantitative estimate of drug-likeness (QED) is 0.910. The smallest absolute Gasteiger partial charge is 0.235 e. The fraction of sp³-hybridized carbons (Fsp3) is 0.300. The van der Waals surface area contributed by atoms with Gasteiger partial charge in [0.1, 0.15) is 17.6 Å². The Bertz CT molecular complexity index is 819. The zero-order valence-corrected chi connectivity index (χ0v) is 14.0. The number of methoxy groups -OCH3 is 1. The Kier molecular flexibility index (Phi) is 4.71. The maximum atomic E-state index is 13.3. The van der Waals surface area contributed by atoms with Crippen molar-refractivity contribution in [1.82, 2.24) is 0 Å². The molecule has 0 atom stereocenters. The van der Waals surface area contributed by atoms with Crippen LogP contribution >= 0.6 is 0 Å². The van der Waals surface area contributed by atoms with E-state index >= 15 is 0 Å². The van der Waals surface area contributed by atoms with Crippen LogP contribution in [-0.4, -0.2) is 13.0 Å². The fourth-order valence-corrected chi connectivity index (χ4v) is 3.52. The molecule has 1 fully saturated rings. The average molecular weight is 338 g/mol. The average Bonchev–Trinajstić information content (AvgIpc) is 3.13. The Balaban J connectivity index is 1.90. The molecule has 0 aliphatic heterocycles. The normalized spacial score (nSPS) is 15.4. The van der Waals surface area contributed by atoms with Crippen molar-refractivity contribution in [3.05, 3.63) is 59.4 Å². The minimum absolute atomic E-state index is 0.120. The number of amides is 1. The summed E-state index contributed by atoms with van der Waals surface area (Å²) in [5.74, 6) is 0.0337. The minimum atomic E-state index is -0.652. The minimum Gasteiger partial charge on any atom is -0.495 e. The van der Waals surface area contributed by atoms with Crippen molar-refractivity contribution in [3.63, 3.8) is 0 Å². The van der Waals surface area contributed by atoms with E-state index in [-0.39, 0.29) is 11.7 Å². The molecule has 4 nitrogen and oxygen atoms in total. The largest absolute Gasteiger partial charge is 0.495 e. The van der Waals surface area contributed by atoms with Crippen LogP contribution in [0.25, 0.3) is 0 Å². The molecule has 0 heterocycles. The number of anilines is 1. The van der Waals surface area contributed by atoms with E-state index in [4.69, 9.17) is 4.74 Å². The molecule has 1 saturated carbocycles. The van der Waals surface area contributed by atoms with E-state index < -0.39 is 5.41 Å². The van der Waals surface area contributed by atoms with E-state index in [1.54, 1.807) is 30.3 Å². The Hall–Kier alpha value is -2.87. The first kappa shape index (κ1) is 17.0. The number of halogens is 1. The van der Waals surface area contributed by atoms with Crippen LogP contribution in [0.4, 0.5) is 10.1 Å². The van der Waals surface area contributed by atoms with Crippen molar-refractivity contribution in [2.24, 2.45) is 0 Å². The van der Waals surface area contributed by atoms with E-state index in [9.17, 15) is 14.4 Å². The molecule has 25 heavy (non-hydrogen) atoms. The molecule has 2 aromatic rings. The molecule has 0 unspecified atom stereocenters. The summed E-state index contributed by atoms with van der Waals surface area (Å²) >= 11 is 0. The zero-order chi connectivity index (χ0) is 17.9. The molecule has 0 saturated heterocycles. The lowest BCUT2D eigenvalue weighted by atomic mass is 9.78. The van der Waals surface area contributed by atoms with Crippen molar-refractivity contribution in [1.29, 1.82) is 5.26 Å². The lowest BCUT2D eigenvalue weighted by Gasteiger charge is -2.28. The summed E-state index contributed by atoms with van der Waals surface area (Å²) in [6.07, 6.45) is 3.37. The van der Waals surface area contributed by atoms with Crippen LogP contribution in [-0.2, 0) is 10.2 Å². The van der Waals surface area contributed by atoms with Crippen LogP contribution in [0.15, 0.2) is 42.5 Å². The van der Waals surface area contributed by atoms with Gasteiger partial charge in [0.25, 0.3) is 0 Å². The topological polar surface area (TPSA) is 62.1 Å². The van der Waals surface area contributed by atoms with E-state index in [2.05, 4.69) is 11.4 Å². The van der Waals surface area contributed by atoms with E-state index in [1.165, 1.54) is 19.2 Å². The van der Waals surface area contributed by atoms with Gasteiger partial charge < -0.3 is 10.1 Å². The van der Waals surface area contributed by atoms with Crippen LogP contribution in [0, 0.1) is 17.1 Å². The highest BCUT2D eigenvalue weighted by Crippen LogP contribution is 2.42. The molecule has 1 aliphatic rings. The van der Waals surface area contributed by atoms with Crippen molar-refractivity contribution < 1.29 is 13.9 Å². The molecule has 1 aliphatic carbocycles. The van der Waals surface area contributed by atoms with E-state index in [0.717, 1.165) is 31.2 Å². The van der Waals surface area contributed by atoms with Gasteiger partial charge in [-0.15, -0.1) is 0 Å². The molecule has 1 amide bonds. The van der Waals surface area contributed by atoms with Gasteiger partial charge in [-0.25, -0.2) is 4.39 Å². The second kappa shape index (κ2) is 6.94. The van der Waals surface area contributed by atoms with Crippen LogP contribution in [0.1, 0.15) is 36.8 Å². The van der Waals surface area contributed by atoms with Gasteiger partial charge in [-0.05, 0) is 48.7 Å². The van der Waals surface area contributed by atoms with Gasteiger partial charge >= 0.3 is 0 Å². The molecular formula is C20H19FN2O2. The van der Waals surface area contributed by atoms with Crippen molar-refractivity contribution in [2.75, 3.05) is 12.4 Å². The molecule has 0 aromatic heterocycles. The predicted octanol–water partition coefficient (Wildman–Crippen LogP) is 4.16. The number of benzene rings is 2. The predicted molar refractivity (Wildman–Crippen MR) is 92.9 cm³/mol. The number of carbonyl (C=O) groups excluding carboxylic acids is 1. The van der Waals surface area contributed by atoms with E-state index in [0.29, 0.717) is 17.0 Å². The maximum absolute atomic E-state index is 13.3. The van der Waals surface area contributed by atoms with Crippen LogP contribution in [0.3, 0.4) is 0 Å². The number of nitrogens with one attached hydrogen (secondary N) is 1. The Morgan fingerprint density at radius 1 is 1.20 bits per heavy atom. The van der Waals surface area contributed by atoms with Gasteiger partial charge in [0, 0.05) is 5.69 Å². The number of hydrogen-bond donors (Lipinski definition) is 1. The monoisotopic (exact) mass is 338 g/mol. The summed E-state index contributed by atoms with van der Waals surface area (Å²) in [6, 6.07) is 13.2. The third-order valence-corrected chi connectivity index (χ3v) is 4.87. The van der Waals surface area contributed by atoms with Gasteiger partial charge in [0.05, 0.1) is 18.1 Å². The van der Waals surface area contributed by atoms with Gasteiger partial charge in [0.15, 0.2) is 0 Å². The lowest BCUT2D eigenvalue weighted by Crippen LogP contribution is -2.38. The highest BCUT2D eigenvalue weighted by Gasteiger charge is 2.42. The molecular weight excluding hydrogens is 319 g/mol. The summed E-state index contributed by atoms with van der Waals surface area (Å²) in [5, 5.41) is 12.1. The third-order valence-electron chi connectivity index (χ3n) is 4.87. The van der Waals surface area contributed by atoms with Crippen LogP contribution < -0.4 is 10.1 Å². The second-order valence-electron chi connectivity index (χ2n) is 6.28. The number of nitrogens with zero attached hydrogens (tertiary/aromatic N) is 1. The van der Waals surface area contributed by atoms with Crippen molar-refractivity contribution in [2.45, 2.75) is 31.1 Å². The standard InChI is InChI=1S/C20H19FN2O2/c1-25-18-9-8-17(12-14(18)13-22)23-19(24)20(10-2-3-11-20)15-4-6-16(21)7-5-15/h4-9,12H,2-3,10-11H2,1H3,(H,23,24). The number of carbonyl (C=O) groups is 1. The van der Waals surface area contributed by atoms with Crippen LogP contribution in [0.5, 0.6) is 5.75 Å². The van der Waals surface area contributed by atoms with Gasteiger partial charge in [-0.1, -0.05) is 25.0 Å². The molecule has 0 bridgehead atoms. The first-order valence-corrected chi connectivity index (χ1v) is 8.25. The number of nitriles is 1. The number of rotatable bonds is 4. The van der Waals surface area contributed by atoms with Gasteiger partial charge in [0.2, 0.25) is 5.91 Å². The SMILES string of the molecule is COc1ccc(NC(=O)C2(c3ccc(F)cc3)CCCC2)cc1C#N.